The summed E-state index contributed by atoms with van der Waals surface area (Å²) in [6.45, 7) is 4.50. The molecule has 0 spiro atoms. The highest BCUT2D eigenvalue weighted by Gasteiger charge is 2.22. The zero-order chi connectivity index (χ0) is 24.0. The number of fused-ring (bicyclic) bond motifs is 1. The van der Waals surface area contributed by atoms with E-state index in [9.17, 15) is 0 Å². The van der Waals surface area contributed by atoms with Crippen LogP contribution in [0.5, 0.6) is 0 Å². The van der Waals surface area contributed by atoms with E-state index in [1.807, 2.05) is 0 Å². The predicted octanol–water partition coefficient (Wildman–Crippen LogP) is 8.47. The molecule has 0 aliphatic carbocycles. The monoisotopic (exact) mass is 470 g/mol. The zero-order valence-electron chi connectivity index (χ0n) is 20.5. The average Bonchev–Trinajstić information content (AvgIpc) is 2.93. The lowest BCUT2D eigenvalue weighted by Gasteiger charge is -2.24. The summed E-state index contributed by atoms with van der Waals surface area (Å²) in [5, 5.41) is 6.77. The molecular weight excluding hydrogens is 439 g/mol. The second kappa shape index (κ2) is 10.9. The summed E-state index contributed by atoms with van der Waals surface area (Å²) in [7, 11) is -0.709. The molecule has 0 N–H and O–H groups in total. The first kappa shape index (κ1) is 23.3. The van der Waals surface area contributed by atoms with E-state index in [2.05, 4.69) is 141 Å². The molecule has 1 heteroatoms. The van der Waals surface area contributed by atoms with Gasteiger partial charge < -0.3 is 0 Å². The molecule has 0 fully saturated rings. The fourth-order valence-corrected chi connectivity index (χ4v) is 7.44. The first-order valence-corrected chi connectivity index (χ1v) is 13.9. The van der Waals surface area contributed by atoms with Crippen LogP contribution in [0, 0.1) is 0 Å². The topological polar surface area (TPSA) is 0 Å². The molecule has 5 aromatic carbocycles. The fourth-order valence-electron chi connectivity index (χ4n) is 4.98. The Kier molecular flexibility index (Phi) is 7.22. The highest BCUT2D eigenvalue weighted by atomic mass is 31.1. The Hall–Kier alpha value is -3.47. The Balaban J connectivity index is 1.84. The smallest absolute Gasteiger partial charge is 0.00235 e. The highest BCUT2D eigenvalue weighted by molar-refractivity contribution is 7.80. The van der Waals surface area contributed by atoms with Gasteiger partial charge in [0.2, 0.25) is 0 Å². The molecule has 5 aromatic rings. The summed E-state index contributed by atoms with van der Waals surface area (Å²) >= 11 is 0. The molecule has 172 valence electrons. The van der Waals surface area contributed by atoms with Crippen molar-refractivity contribution in [1.82, 2.24) is 0 Å². The standard InChI is InChI=1S/C34H31P/c1-3-15-26(4-2)31-25-24-27-16-11-12-21-30(27)34(31)32-22-13-14-23-33(32)35(28-17-7-5-8-18-28)29-19-9-6-10-20-29/h5-25H,3-4H2,1-2H3/b26-15+. The van der Waals surface area contributed by atoms with Gasteiger partial charge in [-0.1, -0.05) is 141 Å². The van der Waals surface area contributed by atoms with Crippen LogP contribution in [0.15, 0.2) is 127 Å². The maximum Gasteiger partial charge on any atom is -0.00235 e. The first-order valence-electron chi connectivity index (χ1n) is 12.5. The van der Waals surface area contributed by atoms with Gasteiger partial charge in [0, 0.05) is 0 Å². The Morgan fingerprint density at radius 1 is 0.629 bits per heavy atom. The van der Waals surface area contributed by atoms with Crippen LogP contribution in [0.4, 0.5) is 0 Å². The van der Waals surface area contributed by atoms with Gasteiger partial charge in [-0.3, -0.25) is 0 Å². The van der Waals surface area contributed by atoms with Crippen molar-refractivity contribution in [3.05, 3.63) is 133 Å². The molecule has 0 aliphatic rings. The van der Waals surface area contributed by atoms with E-state index in [4.69, 9.17) is 0 Å². The Bertz CT molecular complexity index is 1410. The van der Waals surface area contributed by atoms with E-state index in [0.717, 1.165) is 12.8 Å². The van der Waals surface area contributed by atoms with Gasteiger partial charge in [0.1, 0.15) is 0 Å². The van der Waals surface area contributed by atoms with Crippen LogP contribution in [0.2, 0.25) is 0 Å². The molecular formula is C34H31P. The van der Waals surface area contributed by atoms with Gasteiger partial charge in [-0.2, -0.15) is 0 Å². The van der Waals surface area contributed by atoms with Crippen LogP contribution < -0.4 is 15.9 Å². The normalized spacial score (nSPS) is 11.8. The van der Waals surface area contributed by atoms with Crippen LogP contribution in [-0.4, -0.2) is 0 Å². The molecule has 0 heterocycles. The van der Waals surface area contributed by atoms with Crippen molar-refractivity contribution >= 4 is 40.2 Å². The van der Waals surface area contributed by atoms with E-state index in [0.29, 0.717) is 0 Å². The molecule has 0 radical (unpaired) electrons. The van der Waals surface area contributed by atoms with Gasteiger partial charge in [-0.15, -0.1) is 0 Å². The Morgan fingerprint density at radius 3 is 1.89 bits per heavy atom. The van der Waals surface area contributed by atoms with Gasteiger partial charge in [0.25, 0.3) is 0 Å². The maximum atomic E-state index is 2.40. The van der Waals surface area contributed by atoms with Gasteiger partial charge in [-0.05, 0) is 69.7 Å². The molecule has 0 atom stereocenters. The molecule has 0 unspecified atom stereocenters. The Labute approximate surface area is 210 Å². The summed E-state index contributed by atoms with van der Waals surface area (Å²) in [4.78, 5) is 0. The van der Waals surface area contributed by atoms with Crippen molar-refractivity contribution in [3.8, 4) is 11.1 Å². The average molecular weight is 471 g/mol. The van der Waals surface area contributed by atoms with Crippen molar-refractivity contribution in [3.63, 3.8) is 0 Å². The fraction of sp³-hybridized carbons (Fsp3) is 0.118. The first-order chi connectivity index (χ1) is 17.3. The van der Waals surface area contributed by atoms with Crippen LogP contribution >= 0.6 is 7.92 Å². The molecule has 35 heavy (non-hydrogen) atoms. The van der Waals surface area contributed by atoms with Crippen molar-refractivity contribution in [2.45, 2.75) is 26.7 Å². The second-order valence-corrected chi connectivity index (χ2v) is 10.9. The van der Waals surface area contributed by atoms with Gasteiger partial charge in [-0.25, -0.2) is 0 Å². The van der Waals surface area contributed by atoms with Gasteiger partial charge in [0.15, 0.2) is 0 Å². The van der Waals surface area contributed by atoms with Crippen molar-refractivity contribution < 1.29 is 0 Å². The van der Waals surface area contributed by atoms with Crippen molar-refractivity contribution in [1.29, 1.82) is 0 Å². The Morgan fingerprint density at radius 2 is 1.23 bits per heavy atom. The predicted molar refractivity (Wildman–Crippen MR) is 157 cm³/mol. The minimum atomic E-state index is -0.709. The molecule has 0 aliphatic heterocycles. The zero-order valence-corrected chi connectivity index (χ0v) is 21.4. The molecule has 0 bridgehead atoms. The second-order valence-electron chi connectivity index (χ2n) is 8.72. The molecule has 0 aromatic heterocycles. The number of hydrogen-bond donors (Lipinski definition) is 0. The largest absolute Gasteiger partial charge is 0.0810 e. The molecule has 5 rings (SSSR count). The number of allylic oxidation sites excluding steroid dienone is 2. The third-order valence-corrected chi connectivity index (χ3v) is 9.05. The third kappa shape index (κ3) is 4.72. The molecule has 0 nitrogen and oxygen atoms in total. The van der Waals surface area contributed by atoms with Crippen molar-refractivity contribution in [2.75, 3.05) is 0 Å². The van der Waals surface area contributed by atoms with Crippen LogP contribution in [0.3, 0.4) is 0 Å². The van der Waals surface area contributed by atoms with Gasteiger partial charge in [0.05, 0.1) is 0 Å². The SMILES string of the molecule is CC/C=C(\CC)c1ccc2ccccc2c1-c1ccccc1P(c1ccccc1)c1ccccc1. The summed E-state index contributed by atoms with van der Waals surface area (Å²) < 4.78 is 0. The lowest BCUT2D eigenvalue weighted by Crippen LogP contribution is -2.22. The summed E-state index contributed by atoms with van der Waals surface area (Å²) in [6, 6.07) is 44.6. The highest BCUT2D eigenvalue weighted by Crippen LogP contribution is 2.42. The molecule has 0 amide bonds. The molecule has 0 saturated heterocycles. The van der Waals surface area contributed by atoms with E-state index in [1.165, 1.54) is 48.9 Å². The van der Waals surface area contributed by atoms with Crippen LogP contribution in [-0.2, 0) is 0 Å². The molecule has 0 saturated carbocycles. The summed E-state index contributed by atoms with van der Waals surface area (Å²) in [5.41, 5.74) is 5.48. The lowest BCUT2D eigenvalue weighted by atomic mass is 9.88. The maximum absolute atomic E-state index is 2.40. The van der Waals surface area contributed by atoms with Crippen LogP contribution in [0.1, 0.15) is 32.3 Å². The lowest BCUT2D eigenvalue weighted by molar-refractivity contribution is 1.17. The van der Waals surface area contributed by atoms with Crippen LogP contribution in [0.25, 0.3) is 27.5 Å². The van der Waals surface area contributed by atoms with E-state index in [1.54, 1.807) is 0 Å². The minimum absolute atomic E-state index is 0.709. The summed E-state index contributed by atoms with van der Waals surface area (Å²) in [5.74, 6) is 0. The third-order valence-electron chi connectivity index (χ3n) is 6.55. The quantitative estimate of drug-likeness (QED) is 0.209. The van der Waals surface area contributed by atoms with Crippen molar-refractivity contribution in [2.24, 2.45) is 0 Å². The summed E-state index contributed by atoms with van der Waals surface area (Å²) in [6.07, 6.45) is 4.46. The number of rotatable bonds is 7. The number of hydrogen-bond acceptors (Lipinski definition) is 0. The van der Waals surface area contributed by atoms with E-state index >= 15 is 0 Å². The van der Waals surface area contributed by atoms with E-state index in [-0.39, 0.29) is 0 Å². The minimum Gasteiger partial charge on any atom is -0.0810 e. The van der Waals surface area contributed by atoms with E-state index < -0.39 is 7.92 Å². The number of benzene rings is 5. The van der Waals surface area contributed by atoms with Gasteiger partial charge >= 0.3 is 0 Å².